The van der Waals surface area contributed by atoms with Gasteiger partial charge in [0.25, 0.3) is 0 Å². The maximum Gasteiger partial charge on any atom is 0.328 e. The molecule has 4 amide bonds. The van der Waals surface area contributed by atoms with Gasteiger partial charge in [-0.1, -0.05) is 0 Å². The Morgan fingerprint density at radius 1 is 1.25 bits per heavy atom. The van der Waals surface area contributed by atoms with Crippen molar-refractivity contribution in [1.29, 1.82) is 5.41 Å². The average Bonchev–Trinajstić information content (AvgIpc) is 1.82. The Morgan fingerprint density at radius 2 is 1.67 bits per heavy atom. The Morgan fingerprint density at radius 3 is 2.00 bits per heavy atom. The summed E-state index contributed by atoms with van der Waals surface area (Å²) >= 11 is 0. The lowest BCUT2D eigenvalue weighted by molar-refractivity contribution is -0.132. The fraction of sp³-hybridized carbons (Fsp3) is 0.333. The van der Waals surface area contributed by atoms with Crippen LogP contribution in [0.25, 0.3) is 0 Å². The number of hydrogen-bond donors (Lipinski definition) is 3. The first kappa shape index (κ1) is 8.38. The van der Waals surface area contributed by atoms with E-state index < -0.39 is 23.8 Å². The van der Waals surface area contributed by atoms with Gasteiger partial charge < -0.3 is 5.41 Å². The van der Waals surface area contributed by atoms with Crippen molar-refractivity contribution in [2.45, 2.75) is 6.92 Å². The average molecular weight is 169 g/mol. The molecule has 0 spiro atoms. The predicted octanol–water partition coefficient (Wildman–Crippen LogP) is -0.992. The minimum Gasteiger partial charge on any atom is -0.309 e. The summed E-state index contributed by atoms with van der Waals surface area (Å²) in [5, 5.41) is 10.9. The highest BCUT2D eigenvalue weighted by Crippen LogP contribution is 2.02. The quantitative estimate of drug-likeness (QED) is 0.347. The highest BCUT2D eigenvalue weighted by Gasteiger charge is 2.35. The monoisotopic (exact) mass is 169 g/mol. The predicted molar refractivity (Wildman–Crippen MR) is 38.6 cm³/mol. The fourth-order valence-corrected chi connectivity index (χ4v) is 0.912. The van der Waals surface area contributed by atoms with E-state index in [-0.39, 0.29) is 5.71 Å². The molecule has 1 aliphatic rings. The number of nitrogens with one attached hydrogen (secondary N) is 3. The van der Waals surface area contributed by atoms with Crippen LogP contribution in [0.1, 0.15) is 6.92 Å². The van der Waals surface area contributed by atoms with Crippen LogP contribution in [0.3, 0.4) is 0 Å². The summed E-state index contributed by atoms with van der Waals surface area (Å²) in [5.74, 6) is -2.64. The topological polar surface area (TPSA) is 99.1 Å². The van der Waals surface area contributed by atoms with E-state index in [1.165, 1.54) is 6.92 Å². The maximum absolute atomic E-state index is 10.9. The molecule has 0 radical (unpaired) electrons. The second kappa shape index (κ2) is 2.72. The van der Waals surface area contributed by atoms with E-state index in [1.807, 2.05) is 10.6 Å². The highest BCUT2D eigenvalue weighted by molar-refractivity contribution is 6.26. The van der Waals surface area contributed by atoms with E-state index >= 15 is 0 Å². The summed E-state index contributed by atoms with van der Waals surface area (Å²) in [6.07, 6.45) is 0. The van der Waals surface area contributed by atoms with Crippen molar-refractivity contribution >= 4 is 23.6 Å². The highest BCUT2D eigenvalue weighted by atomic mass is 16.2. The lowest BCUT2D eigenvalue weighted by Crippen LogP contribution is -2.57. The number of hydrogen-bond acceptors (Lipinski definition) is 4. The summed E-state index contributed by atoms with van der Waals surface area (Å²) in [7, 11) is 0. The molecule has 1 saturated heterocycles. The number of carbonyl (C=O) groups excluding carboxylic acids is 3. The van der Waals surface area contributed by atoms with Crippen molar-refractivity contribution in [2.75, 3.05) is 0 Å². The van der Waals surface area contributed by atoms with Crippen LogP contribution < -0.4 is 10.6 Å². The Bertz CT molecular complexity index is 264. The third-order valence-corrected chi connectivity index (χ3v) is 1.43. The Hall–Kier alpha value is -1.72. The largest absolute Gasteiger partial charge is 0.328 e. The molecule has 0 unspecified atom stereocenters. The number of imide groups is 2. The van der Waals surface area contributed by atoms with Gasteiger partial charge in [-0.25, -0.2) is 4.79 Å². The molecule has 0 aromatic heterocycles. The molecule has 0 aromatic carbocycles. The van der Waals surface area contributed by atoms with Crippen LogP contribution >= 0.6 is 0 Å². The number of rotatable bonds is 1. The first-order valence-electron chi connectivity index (χ1n) is 3.23. The van der Waals surface area contributed by atoms with Gasteiger partial charge in [0.2, 0.25) is 11.8 Å². The maximum atomic E-state index is 10.9. The molecule has 6 nitrogen and oxygen atoms in total. The molecule has 0 atom stereocenters. The zero-order chi connectivity index (χ0) is 9.30. The zero-order valence-electron chi connectivity index (χ0n) is 6.30. The van der Waals surface area contributed by atoms with Gasteiger partial charge in [0.15, 0.2) is 5.92 Å². The van der Waals surface area contributed by atoms with Crippen molar-refractivity contribution in [2.24, 2.45) is 5.92 Å². The number of amides is 4. The first-order valence-corrected chi connectivity index (χ1v) is 3.23. The van der Waals surface area contributed by atoms with Crippen LogP contribution in [-0.4, -0.2) is 23.6 Å². The van der Waals surface area contributed by atoms with Crippen LogP contribution in [0.5, 0.6) is 0 Å². The number of carbonyl (C=O) groups is 3. The SMILES string of the molecule is CC(=N)C1C(=O)NC(=O)NC1=O. The van der Waals surface area contributed by atoms with Crippen molar-refractivity contribution < 1.29 is 14.4 Å². The molecule has 0 saturated carbocycles. The minimum absolute atomic E-state index is 0.0856. The summed E-state index contributed by atoms with van der Waals surface area (Å²) in [5.41, 5.74) is -0.0856. The lowest BCUT2D eigenvalue weighted by atomic mass is 10.0. The molecule has 64 valence electrons. The second-order valence-electron chi connectivity index (χ2n) is 2.42. The van der Waals surface area contributed by atoms with Gasteiger partial charge in [-0.2, -0.15) is 0 Å². The van der Waals surface area contributed by atoms with Crippen LogP contribution in [0, 0.1) is 11.3 Å². The second-order valence-corrected chi connectivity index (χ2v) is 2.42. The van der Waals surface area contributed by atoms with Gasteiger partial charge in [-0.05, 0) is 6.92 Å². The van der Waals surface area contributed by atoms with Crippen molar-refractivity contribution in [1.82, 2.24) is 10.6 Å². The van der Waals surface area contributed by atoms with Gasteiger partial charge in [0.1, 0.15) is 0 Å². The van der Waals surface area contributed by atoms with E-state index in [0.717, 1.165) is 0 Å². The van der Waals surface area contributed by atoms with Gasteiger partial charge in [-0.15, -0.1) is 0 Å². The van der Waals surface area contributed by atoms with E-state index in [2.05, 4.69) is 0 Å². The first-order chi connectivity index (χ1) is 5.52. The van der Waals surface area contributed by atoms with E-state index in [0.29, 0.717) is 0 Å². The molecule has 12 heavy (non-hydrogen) atoms. The summed E-state index contributed by atoms with van der Waals surface area (Å²) < 4.78 is 0. The third-order valence-electron chi connectivity index (χ3n) is 1.43. The third kappa shape index (κ3) is 1.31. The van der Waals surface area contributed by atoms with Crippen LogP contribution in [0.15, 0.2) is 0 Å². The summed E-state index contributed by atoms with van der Waals surface area (Å²) in [6, 6.07) is -0.831. The van der Waals surface area contributed by atoms with Gasteiger partial charge in [0, 0.05) is 5.71 Å². The van der Waals surface area contributed by atoms with Crippen LogP contribution in [0.4, 0.5) is 4.79 Å². The van der Waals surface area contributed by atoms with E-state index in [1.54, 1.807) is 0 Å². The minimum atomic E-state index is -1.16. The van der Waals surface area contributed by atoms with Crippen LogP contribution in [0.2, 0.25) is 0 Å². The molecule has 0 aliphatic carbocycles. The molecule has 3 N–H and O–H groups in total. The smallest absolute Gasteiger partial charge is 0.309 e. The van der Waals surface area contributed by atoms with E-state index in [4.69, 9.17) is 5.41 Å². The molecule has 1 rings (SSSR count). The Balaban J connectivity index is 2.88. The number of barbiturate groups is 1. The molecule has 1 fully saturated rings. The molecule has 0 aromatic rings. The van der Waals surface area contributed by atoms with E-state index in [9.17, 15) is 14.4 Å². The molecule has 0 bridgehead atoms. The van der Waals surface area contributed by atoms with Gasteiger partial charge in [0.05, 0.1) is 0 Å². The molecule has 1 heterocycles. The fourth-order valence-electron chi connectivity index (χ4n) is 0.912. The lowest BCUT2D eigenvalue weighted by Gasteiger charge is -2.19. The van der Waals surface area contributed by atoms with Gasteiger partial charge >= 0.3 is 6.03 Å². The zero-order valence-corrected chi connectivity index (χ0v) is 6.30. The molecule has 6 heteroatoms. The van der Waals surface area contributed by atoms with Crippen LogP contribution in [-0.2, 0) is 9.59 Å². The van der Waals surface area contributed by atoms with Gasteiger partial charge in [-0.3, -0.25) is 20.2 Å². The normalized spacial score (nSPS) is 18.6. The molecular formula is C6H7N3O3. The Labute approximate surface area is 67.8 Å². The standard InChI is InChI=1S/C6H7N3O3/c1-2(7)3-4(10)8-6(12)9-5(3)11/h3,7H,1H3,(H2,8,9,10,11,12). The Kier molecular flexibility index (Phi) is 1.90. The van der Waals surface area contributed by atoms with Crippen molar-refractivity contribution in [3.8, 4) is 0 Å². The number of urea groups is 1. The molecule has 1 aliphatic heterocycles. The molecular weight excluding hydrogens is 162 g/mol. The van der Waals surface area contributed by atoms with Crippen molar-refractivity contribution in [3.63, 3.8) is 0 Å². The van der Waals surface area contributed by atoms with Crippen molar-refractivity contribution in [3.05, 3.63) is 0 Å². The summed E-state index contributed by atoms with van der Waals surface area (Å²) in [4.78, 5) is 32.4. The summed E-state index contributed by atoms with van der Waals surface area (Å²) in [6.45, 7) is 1.33.